The summed E-state index contributed by atoms with van der Waals surface area (Å²) in [4.78, 5) is 12.5. The van der Waals surface area contributed by atoms with Crippen LogP contribution in [0.2, 0.25) is 0 Å². The zero-order chi connectivity index (χ0) is 23.0. The predicted molar refractivity (Wildman–Crippen MR) is 103 cm³/mol. The van der Waals surface area contributed by atoms with Gasteiger partial charge in [0.2, 0.25) is 0 Å². The number of nitrogens with one attached hydrogen (secondary N) is 1. The molecule has 0 aromatic heterocycles. The molecule has 168 valence electrons. The van der Waals surface area contributed by atoms with Crippen LogP contribution in [0.3, 0.4) is 0 Å². The topological polar surface area (TPSA) is 56.8 Å². The molecule has 0 heterocycles. The van der Waals surface area contributed by atoms with Gasteiger partial charge in [-0.1, -0.05) is 18.2 Å². The summed E-state index contributed by atoms with van der Waals surface area (Å²) in [7, 11) is 2.97. The van der Waals surface area contributed by atoms with Gasteiger partial charge in [-0.3, -0.25) is 4.79 Å². The third kappa shape index (κ3) is 6.87. The largest absolute Gasteiger partial charge is 0.493 e. The Kier molecular flexibility index (Phi) is 8.23. The van der Waals surface area contributed by atoms with Gasteiger partial charge in [0.05, 0.1) is 25.4 Å². The molecule has 0 saturated carbocycles. The van der Waals surface area contributed by atoms with Crippen molar-refractivity contribution in [3.05, 3.63) is 65.4 Å². The van der Waals surface area contributed by atoms with Gasteiger partial charge in [0.25, 0.3) is 5.91 Å². The van der Waals surface area contributed by atoms with Crippen LogP contribution >= 0.6 is 0 Å². The van der Waals surface area contributed by atoms with Crippen molar-refractivity contribution in [2.24, 2.45) is 0 Å². The van der Waals surface area contributed by atoms with Crippen LogP contribution in [0.4, 0.5) is 22.0 Å². The minimum absolute atomic E-state index is 0.00253. The highest BCUT2D eigenvalue weighted by Crippen LogP contribution is 2.30. The smallest absolute Gasteiger partial charge is 0.416 e. The lowest BCUT2D eigenvalue weighted by Crippen LogP contribution is -2.27. The van der Waals surface area contributed by atoms with Crippen molar-refractivity contribution in [1.29, 1.82) is 0 Å². The van der Waals surface area contributed by atoms with Crippen LogP contribution in [-0.4, -0.2) is 33.3 Å². The Labute approximate surface area is 175 Å². The number of halogens is 5. The summed E-state index contributed by atoms with van der Waals surface area (Å²) in [6, 6.07) is 8.71. The molecular weight excluding hydrogens is 425 g/mol. The summed E-state index contributed by atoms with van der Waals surface area (Å²) in [6.45, 7) is -3.06. The number of methoxy groups -OCH3 is 2. The normalized spacial score (nSPS) is 11.9. The summed E-state index contributed by atoms with van der Waals surface area (Å²) < 4.78 is 77.5. The summed E-state index contributed by atoms with van der Waals surface area (Å²) in [5.41, 5.74) is -0.459. The Balaban J connectivity index is 2.11. The molecule has 0 aliphatic rings. The third-order valence-electron chi connectivity index (χ3n) is 4.20. The van der Waals surface area contributed by atoms with Gasteiger partial charge in [0.15, 0.2) is 11.5 Å². The van der Waals surface area contributed by atoms with E-state index in [2.05, 4.69) is 10.1 Å². The number of rotatable bonds is 9. The molecule has 0 fully saturated rings. The van der Waals surface area contributed by atoms with E-state index in [1.165, 1.54) is 14.2 Å². The fraction of sp³-hybridized carbons (Fsp3) is 0.286. The second-order valence-electron chi connectivity index (χ2n) is 6.20. The highest BCUT2D eigenvalue weighted by atomic mass is 19.4. The van der Waals surface area contributed by atoms with Gasteiger partial charge in [0, 0.05) is 6.54 Å². The van der Waals surface area contributed by atoms with E-state index in [1.807, 2.05) is 0 Å². The van der Waals surface area contributed by atoms with Crippen molar-refractivity contribution in [2.45, 2.75) is 19.2 Å². The minimum atomic E-state index is -4.57. The standard InChI is InChI=1S/C21H20F5NO4/c1-29-17-8-3-13(11-18(17)30-2)9-10-27-19(28)16(12-31-20(22)23)14-4-6-15(7-5-14)21(24,25)26/h3-8,11-12,20H,9-10H2,1-2H3,(H,27,28). The summed E-state index contributed by atoms with van der Waals surface area (Å²) >= 11 is 0. The summed E-state index contributed by atoms with van der Waals surface area (Å²) in [6.07, 6.45) is -3.66. The maximum Gasteiger partial charge on any atom is 0.416 e. The highest BCUT2D eigenvalue weighted by molar-refractivity contribution is 6.19. The number of benzene rings is 2. The summed E-state index contributed by atoms with van der Waals surface area (Å²) in [5.74, 6) is 0.259. The first-order valence-electron chi connectivity index (χ1n) is 8.96. The van der Waals surface area contributed by atoms with E-state index in [1.54, 1.807) is 18.2 Å². The minimum Gasteiger partial charge on any atom is -0.493 e. The molecule has 0 radical (unpaired) electrons. The van der Waals surface area contributed by atoms with Crippen LogP contribution in [0.15, 0.2) is 48.7 Å². The van der Waals surface area contributed by atoms with E-state index in [9.17, 15) is 26.7 Å². The molecule has 0 saturated heterocycles. The zero-order valence-electron chi connectivity index (χ0n) is 16.6. The van der Waals surface area contributed by atoms with Crippen LogP contribution in [0.1, 0.15) is 16.7 Å². The number of amides is 1. The fourth-order valence-electron chi connectivity index (χ4n) is 2.66. The molecule has 0 aliphatic carbocycles. The summed E-state index contributed by atoms with van der Waals surface area (Å²) in [5, 5.41) is 2.54. The van der Waals surface area contributed by atoms with Gasteiger partial charge in [-0.15, -0.1) is 0 Å². The molecule has 5 nitrogen and oxygen atoms in total. The van der Waals surface area contributed by atoms with Gasteiger partial charge in [-0.05, 0) is 41.8 Å². The second kappa shape index (κ2) is 10.6. The average Bonchev–Trinajstić information content (AvgIpc) is 2.73. The molecule has 2 aromatic carbocycles. The maximum absolute atomic E-state index is 12.7. The molecule has 2 aromatic rings. The van der Waals surface area contributed by atoms with Crippen LogP contribution in [0.25, 0.3) is 5.57 Å². The Hall–Kier alpha value is -3.30. The molecule has 1 N–H and O–H groups in total. The fourth-order valence-corrected chi connectivity index (χ4v) is 2.66. The Morgan fingerprint density at radius 1 is 1.03 bits per heavy atom. The molecule has 2 rings (SSSR count). The number of hydrogen-bond acceptors (Lipinski definition) is 4. The van der Waals surface area contributed by atoms with Gasteiger partial charge >= 0.3 is 12.8 Å². The molecule has 1 amide bonds. The maximum atomic E-state index is 12.7. The van der Waals surface area contributed by atoms with Crippen molar-refractivity contribution < 1.29 is 41.0 Å². The number of carbonyl (C=O) groups is 1. The van der Waals surface area contributed by atoms with Crippen molar-refractivity contribution >= 4 is 11.5 Å². The quantitative estimate of drug-likeness (QED) is 0.347. The van der Waals surface area contributed by atoms with Crippen LogP contribution in [-0.2, 0) is 22.1 Å². The van der Waals surface area contributed by atoms with Crippen LogP contribution < -0.4 is 14.8 Å². The SMILES string of the molecule is COc1ccc(CCNC(=O)C(=COC(F)F)c2ccc(C(F)(F)F)cc2)cc1OC. The van der Waals surface area contributed by atoms with E-state index in [0.29, 0.717) is 24.2 Å². The number of carbonyl (C=O) groups excluding carboxylic acids is 1. The molecule has 0 bridgehead atoms. The number of ether oxygens (including phenoxy) is 3. The Morgan fingerprint density at radius 2 is 1.68 bits per heavy atom. The lowest BCUT2D eigenvalue weighted by molar-refractivity contribution is -0.137. The van der Waals surface area contributed by atoms with E-state index >= 15 is 0 Å². The first-order chi connectivity index (χ1) is 14.7. The van der Waals surface area contributed by atoms with Gasteiger partial charge in [-0.2, -0.15) is 22.0 Å². The molecule has 31 heavy (non-hydrogen) atoms. The van der Waals surface area contributed by atoms with Crippen LogP contribution in [0, 0.1) is 0 Å². The molecular formula is C21H20F5NO4. The number of alkyl halides is 5. The van der Waals surface area contributed by atoms with E-state index in [-0.39, 0.29) is 17.7 Å². The lowest BCUT2D eigenvalue weighted by Gasteiger charge is -2.12. The predicted octanol–water partition coefficient (Wildman–Crippen LogP) is 4.66. The second-order valence-corrected chi connectivity index (χ2v) is 6.20. The molecule has 10 heteroatoms. The van der Waals surface area contributed by atoms with Crippen molar-refractivity contribution in [3.8, 4) is 11.5 Å². The molecule has 0 atom stereocenters. The van der Waals surface area contributed by atoms with E-state index in [0.717, 1.165) is 29.8 Å². The lowest BCUT2D eigenvalue weighted by atomic mass is 10.0. The zero-order valence-corrected chi connectivity index (χ0v) is 16.6. The van der Waals surface area contributed by atoms with E-state index in [4.69, 9.17) is 9.47 Å². The van der Waals surface area contributed by atoms with E-state index < -0.39 is 24.3 Å². The average molecular weight is 445 g/mol. The van der Waals surface area contributed by atoms with Crippen molar-refractivity contribution in [3.63, 3.8) is 0 Å². The third-order valence-corrected chi connectivity index (χ3v) is 4.20. The molecule has 0 unspecified atom stereocenters. The molecule has 0 aliphatic heterocycles. The van der Waals surface area contributed by atoms with Crippen molar-refractivity contribution in [2.75, 3.05) is 20.8 Å². The first kappa shape index (κ1) is 24.0. The van der Waals surface area contributed by atoms with Crippen molar-refractivity contribution in [1.82, 2.24) is 5.32 Å². The van der Waals surface area contributed by atoms with Gasteiger partial charge < -0.3 is 19.5 Å². The number of hydrogen-bond donors (Lipinski definition) is 1. The molecule has 0 spiro atoms. The van der Waals surface area contributed by atoms with Gasteiger partial charge in [0.1, 0.15) is 6.26 Å². The monoisotopic (exact) mass is 445 g/mol. The van der Waals surface area contributed by atoms with Crippen LogP contribution in [0.5, 0.6) is 11.5 Å². The Bertz CT molecular complexity index is 911. The Morgan fingerprint density at radius 3 is 2.23 bits per heavy atom. The first-order valence-corrected chi connectivity index (χ1v) is 8.96. The highest BCUT2D eigenvalue weighted by Gasteiger charge is 2.30. The van der Waals surface area contributed by atoms with Gasteiger partial charge in [-0.25, -0.2) is 0 Å².